The molecule has 1 aromatic carbocycles. The molecule has 0 radical (unpaired) electrons. The molecule has 0 fully saturated rings. The Balaban J connectivity index is 2.43. The summed E-state index contributed by atoms with van der Waals surface area (Å²) in [5.41, 5.74) is -0.533. The van der Waals surface area contributed by atoms with Crippen LogP contribution in [-0.2, 0) is 16.8 Å². The van der Waals surface area contributed by atoms with Gasteiger partial charge in [0, 0.05) is 0 Å². The van der Waals surface area contributed by atoms with E-state index in [1.54, 1.807) is 6.07 Å². The highest BCUT2D eigenvalue weighted by Crippen LogP contribution is 2.40. The number of halogens is 1. The molecule has 0 heterocycles. The third-order valence-electron chi connectivity index (χ3n) is 2.85. The number of aliphatic carboxylic acids is 1. The van der Waals surface area contributed by atoms with Gasteiger partial charge in [-0.2, -0.15) is 0 Å². The first-order valence-electron chi connectivity index (χ1n) is 4.75. The Bertz CT molecular complexity index is 416. The monoisotopic (exact) mass is 210 g/mol. The minimum Gasteiger partial charge on any atom is -0.481 e. The fourth-order valence-electron chi connectivity index (χ4n) is 2.15. The molecule has 0 spiro atoms. The fraction of sp³-hybridized carbons (Fsp3) is 0.364. The van der Waals surface area contributed by atoms with Crippen molar-refractivity contribution in [2.24, 2.45) is 0 Å². The molecule has 1 atom stereocenters. The summed E-state index contributed by atoms with van der Waals surface area (Å²) < 4.78 is 13.3. The van der Waals surface area contributed by atoms with E-state index in [0.717, 1.165) is 0 Å². The van der Waals surface area contributed by atoms with Crippen molar-refractivity contribution in [2.45, 2.75) is 24.9 Å². The van der Waals surface area contributed by atoms with Crippen molar-refractivity contribution in [1.82, 2.24) is 0 Å². The highest BCUT2D eigenvalue weighted by Gasteiger charge is 2.39. The summed E-state index contributed by atoms with van der Waals surface area (Å²) in [6.45, 7) is 0. The molecule has 1 unspecified atom stereocenters. The first kappa shape index (κ1) is 10.1. The molecule has 1 aliphatic rings. The number of carboxylic acids is 1. The maximum absolute atomic E-state index is 13.3. The molecular weight excluding hydrogens is 199 g/mol. The Kier molecular flexibility index (Phi) is 2.23. The Morgan fingerprint density at radius 3 is 2.93 bits per heavy atom. The Hall–Kier alpha value is -1.42. The highest BCUT2D eigenvalue weighted by atomic mass is 19.1. The molecule has 0 saturated carbocycles. The van der Waals surface area contributed by atoms with Gasteiger partial charge < -0.3 is 10.2 Å². The quantitative estimate of drug-likeness (QED) is 0.776. The number of aliphatic hydroxyl groups is 1. The number of benzene rings is 1. The number of rotatable bonds is 2. The first-order chi connectivity index (χ1) is 7.03. The van der Waals surface area contributed by atoms with E-state index in [9.17, 15) is 14.3 Å². The molecule has 2 N–H and O–H groups in total. The predicted molar refractivity (Wildman–Crippen MR) is 50.9 cm³/mol. The maximum atomic E-state index is 13.3. The lowest BCUT2D eigenvalue weighted by Gasteiger charge is -2.21. The molecule has 15 heavy (non-hydrogen) atoms. The predicted octanol–water partition coefficient (Wildman–Crippen LogP) is 1.43. The molecule has 1 aliphatic carbocycles. The zero-order valence-corrected chi connectivity index (χ0v) is 8.03. The number of carboxylic acid groups (broad SMARTS) is 1. The molecule has 0 bridgehead atoms. The minimum absolute atomic E-state index is 0.273. The van der Waals surface area contributed by atoms with Gasteiger partial charge in [-0.05, 0) is 30.0 Å². The van der Waals surface area contributed by atoms with Crippen molar-refractivity contribution in [3.8, 4) is 0 Å². The Labute approximate surface area is 86.2 Å². The van der Waals surface area contributed by atoms with Gasteiger partial charge in [-0.15, -0.1) is 0 Å². The number of hydrogen-bond donors (Lipinski definition) is 2. The Morgan fingerprint density at radius 2 is 2.27 bits per heavy atom. The van der Waals surface area contributed by atoms with E-state index in [2.05, 4.69) is 0 Å². The van der Waals surface area contributed by atoms with Crippen LogP contribution in [0.1, 0.15) is 24.0 Å². The summed E-state index contributed by atoms with van der Waals surface area (Å²) in [6.07, 6.45) is 0.296. The second-order valence-electron chi connectivity index (χ2n) is 3.87. The van der Waals surface area contributed by atoms with Crippen molar-refractivity contribution in [3.05, 3.63) is 35.1 Å². The van der Waals surface area contributed by atoms with E-state index in [1.807, 2.05) is 0 Å². The third kappa shape index (κ3) is 1.61. The van der Waals surface area contributed by atoms with Crippen molar-refractivity contribution < 1.29 is 19.4 Å². The van der Waals surface area contributed by atoms with Crippen LogP contribution in [-0.4, -0.2) is 16.2 Å². The van der Waals surface area contributed by atoms with Gasteiger partial charge in [0.2, 0.25) is 0 Å². The van der Waals surface area contributed by atoms with E-state index in [0.29, 0.717) is 17.5 Å². The van der Waals surface area contributed by atoms with Gasteiger partial charge in [0.05, 0.1) is 6.42 Å². The topological polar surface area (TPSA) is 57.5 Å². The van der Waals surface area contributed by atoms with Crippen LogP contribution in [0.5, 0.6) is 0 Å². The van der Waals surface area contributed by atoms with Crippen LogP contribution in [0.2, 0.25) is 0 Å². The van der Waals surface area contributed by atoms with Gasteiger partial charge in [0.1, 0.15) is 11.4 Å². The van der Waals surface area contributed by atoms with Gasteiger partial charge >= 0.3 is 5.97 Å². The number of hydrogen-bond acceptors (Lipinski definition) is 2. The van der Waals surface area contributed by atoms with E-state index >= 15 is 0 Å². The van der Waals surface area contributed by atoms with Gasteiger partial charge in [-0.25, -0.2) is 4.39 Å². The average Bonchev–Trinajstić information content (AvgIpc) is 2.44. The van der Waals surface area contributed by atoms with Crippen molar-refractivity contribution >= 4 is 5.97 Å². The van der Waals surface area contributed by atoms with Crippen LogP contribution in [0.4, 0.5) is 4.39 Å². The molecule has 0 aromatic heterocycles. The molecule has 4 heteroatoms. The van der Waals surface area contributed by atoms with Gasteiger partial charge in [-0.3, -0.25) is 4.79 Å². The normalized spacial score (nSPS) is 23.9. The summed E-state index contributed by atoms with van der Waals surface area (Å²) in [5, 5.41) is 18.8. The molecule has 3 nitrogen and oxygen atoms in total. The van der Waals surface area contributed by atoms with Crippen LogP contribution in [0, 0.1) is 5.82 Å². The van der Waals surface area contributed by atoms with E-state index in [1.165, 1.54) is 12.1 Å². The lowest BCUT2D eigenvalue weighted by Crippen LogP contribution is -2.26. The fourth-order valence-corrected chi connectivity index (χ4v) is 2.15. The summed E-state index contributed by atoms with van der Waals surface area (Å²) in [6, 6.07) is 4.41. The van der Waals surface area contributed by atoms with Crippen LogP contribution in [0.3, 0.4) is 0 Å². The zero-order valence-electron chi connectivity index (χ0n) is 8.03. The summed E-state index contributed by atoms with van der Waals surface area (Å²) in [5.74, 6) is -1.44. The van der Waals surface area contributed by atoms with Crippen molar-refractivity contribution in [2.75, 3.05) is 0 Å². The van der Waals surface area contributed by atoms with Crippen molar-refractivity contribution in [3.63, 3.8) is 0 Å². The molecule has 80 valence electrons. The molecular formula is C11H11FO3. The molecule has 0 aliphatic heterocycles. The smallest absolute Gasteiger partial charge is 0.306 e. The summed E-state index contributed by atoms with van der Waals surface area (Å²) >= 11 is 0. The Morgan fingerprint density at radius 1 is 1.53 bits per heavy atom. The van der Waals surface area contributed by atoms with Gasteiger partial charge in [0.15, 0.2) is 0 Å². The summed E-state index contributed by atoms with van der Waals surface area (Å²) in [7, 11) is 0. The zero-order chi connectivity index (χ0) is 11.1. The van der Waals surface area contributed by atoms with E-state index in [-0.39, 0.29) is 18.7 Å². The summed E-state index contributed by atoms with van der Waals surface area (Å²) in [4.78, 5) is 10.6. The molecule has 1 aromatic rings. The molecule has 0 amide bonds. The third-order valence-corrected chi connectivity index (χ3v) is 2.85. The second-order valence-corrected chi connectivity index (χ2v) is 3.87. The van der Waals surface area contributed by atoms with E-state index < -0.39 is 11.6 Å². The van der Waals surface area contributed by atoms with E-state index in [4.69, 9.17) is 5.11 Å². The number of fused-ring (bicyclic) bond motifs is 1. The molecule has 2 rings (SSSR count). The average molecular weight is 210 g/mol. The lowest BCUT2D eigenvalue weighted by atomic mass is 9.92. The van der Waals surface area contributed by atoms with Crippen molar-refractivity contribution in [1.29, 1.82) is 0 Å². The highest BCUT2D eigenvalue weighted by molar-refractivity contribution is 5.69. The standard InChI is InChI=1S/C11H11FO3/c12-9-3-1-2-8-7(9)4-5-11(8,15)6-10(13)14/h1-3,15H,4-6H2,(H,13,14). The number of carbonyl (C=O) groups is 1. The second kappa shape index (κ2) is 3.31. The van der Waals surface area contributed by atoms with Gasteiger partial charge in [0.25, 0.3) is 0 Å². The van der Waals surface area contributed by atoms with Crippen LogP contribution in [0.25, 0.3) is 0 Å². The maximum Gasteiger partial charge on any atom is 0.306 e. The molecule has 0 saturated heterocycles. The lowest BCUT2D eigenvalue weighted by molar-refractivity contribution is -0.142. The first-order valence-corrected chi connectivity index (χ1v) is 4.75. The van der Waals surface area contributed by atoms with Gasteiger partial charge in [-0.1, -0.05) is 12.1 Å². The largest absolute Gasteiger partial charge is 0.481 e. The van der Waals surface area contributed by atoms with Crippen LogP contribution in [0.15, 0.2) is 18.2 Å². The minimum atomic E-state index is -1.40. The van der Waals surface area contributed by atoms with Crippen LogP contribution < -0.4 is 0 Å². The SMILES string of the molecule is O=C(O)CC1(O)CCc2c(F)cccc21. The van der Waals surface area contributed by atoms with Crippen LogP contribution >= 0.6 is 0 Å².